The molecule has 0 radical (unpaired) electrons. The highest BCUT2D eigenvalue weighted by Crippen LogP contribution is 2.27. The van der Waals surface area contributed by atoms with Gasteiger partial charge in [0, 0.05) is 43.6 Å². The van der Waals surface area contributed by atoms with Gasteiger partial charge in [-0.2, -0.15) is 0 Å². The molecule has 2 aliphatic rings. The van der Waals surface area contributed by atoms with Crippen molar-refractivity contribution in [1.82, 2.24) is 5.32 Å². The third-order valence-corrected chi connectivity index (χ3v) is 5.21. The lowest BCUT2D eigenvalue weighted by Gasteiger charge is -2.27. The minimum absolute atomic E-state index is 0.0391. The van der Waals surface area contributed by atoms with Crippen LogP contribution in [-0.2, 0) is 24.2 Å². The Morgan fingerprint density at radius 2 is 2.00 bits per heavy atom. The molecule has 0 saturated carbocycles. The normalized spacial score (nSPS) is 15.4. The van der Waals surface area contributed by atoms with Crippen LogP contribution in [0.3, 0.4) is 0 Å². The third kappa shape index (κ3) is 3.89. The molecule has 0 atom stereocenters. The molecule has 0 fully saturated rings. The Morgan fingerprint density at radius 1 is 1.11 bits per heavy atom. The summed E-state index contributed by atoms with van der Waals surface area (Å²) in [6, 6.07) is 11.7. The van der Waals surface area contributed by atoms with Gasteiger partial charge in [0.15, 0.2) is 0 Å². The van der Waals surface area contributed by atoms with Gasteiger partial charge >= 0.3 is 6.03 Å². The molecule has 4 rings (SSSR count). The van der Waals surface area contributed by atoms with Crippen molar-refractivity contribution in [3.05, 3.63) is 53.1 Å². The summed E-state index contributed by atoms with van der Waals surface area (Å²) in [6.07, 6.45) is 3.43. The number of urea groups is 1. The molecule has 0 aliphatic carbocycles. The number of benzene rings is 2. The number of carbonyl (C=O) groups is 2. The van der Waals surface area contributed by atoms with Gasteiger partial charge in [-0.25, -0.2) is 4.79 Å². The number of hydrogen-bond acceptors (Lipinski definition) is 3. The van der Waals surface area contributed by atoms with Crippen molar-refractivity contribution >= 4 is 29.0 Å². The molecule has 2 aromatic carbocycles. The Hall–Kier alpha value is -3.02. The molecule has 2 heterocycles. The SMILES string of the molecule is CN1CCCc2cc(CNC(=O)Nc3ccc4c(c3)CCC(=O)N4)ccc21. The van der Waals surface area contributed by atoms with Crippen molar-refractivity contribution in [2.24, 2.45) is 0 Å². The minimum Gasteiger partial charge on any atom is -0.374 e. The Kier molecular flexibility index (Phi) is 4.71. The number of fused-ring (bicyclic) bond motifs is 2. The summed E-state index contributed by atoms with van der Waals surface area (Å²) in [4.78, 5) is 25.9. The van der Waals surface area contributed by atoms with E-state index in [9.17, 15) is 9.59 Å². The number of carbonyl (C=O) groups excluding carboxylic acids is 2. The fourth-order valence-corrected chi connectivity index (χ4v) is 3.77. The van der Waals surface area contributed by atoms with Crippen LogP contribution in [-0.4, -0.2) is 25.5 Å². The van der Waals surface area contributed by atoms with E-state index in [0.29, 0.717) is 19.4 Å². The molecule has 6 heteroatoms. The lowest BCUT2D eigenvalue weighted by atomic mass is 9.99. The number of rotatable bonds is 3. The van der Waals surface area contributed by atoms with E-state index in [2.05, 4.69) is 46.1 Å². The Morgan fingerprint density at radius 3 is 2.89 bits per heavy atom. The minimum atomic E-state index is -0.232. The molecule has 2 aromatic rings. The number of aryl methyl sites for hydroxylation is 2. The monoisotopic (exact) mass is 364 g/mol. The summed E-state index contributed by atoms with van der Waals surface area (Å²) in [7, 11) is 2.12. The molecular formula is C21H24N4O2. The highest BCUT2D eigenvalue weighted by Gasteiger charge is 2.16. The molecule has 6 nitrogen and oxygen atoms in total. The van der Waals surface area contributed by atoms with Gasteiger partial charge in [-0.05, 0) is 60.2 Å². The molecule has 27 heavy (non-hydrogen) atoms. The molecule has 3 N–H and O–H groups in total. The number of amides is 3. The second-order valence-electron chi connectivity index (χ2n) is 7.22. The van der Waals surface area contributed by atoms with Gasteiger partial charge in [-0.1, -0.05) is 12.1 Å². The highest BCUT2D eigenvalue weighted by molar-refractivity contribution is 5.95. The van der Waals surface area contributed by atoms with Crippen LogP contribution in [0, 0.1) is 0 Å². The average Bonchev–Trinajstić information content (AvgIpc) is 2.66. The largest absolute Gasteiger partial charge is 0.374 e. The van der Waals surface area contributed by atoms with E-state index >= 15 is 0 Å². The zero-order valence-corrected chi connectivity index (χ0v) is 15.5. The first kappa shape index (κ1) is 17.4. The van der Waals surface area contributed by atoms with E-state index in [1.165, 1.54) is 17.7 Å². The van der Waals surface area contributed by atoms with Crippen LogP contribution >= 0.6 is 0 Å². The number of nitrogens with one attached hydrogen (secondary N) is 3. The first-order valence-electron chi connectivity index (χ1n) is 9.39. The van der Waals surface area contributed by atoms with Gasteiger partial charge in [0.25, 0.3) is 0 Å². The van der Waals surface area contributed by atoms with E-state index < -0.39 is 0 Å². The molecule has 0 bridgehead atoms. The molecule has 2 aliphatic heterocycles. The Labute approximate surface area is 158 Å². The van der Waals surface area contributed by atoms with Gasteiger partial charge < -0.3 is 20.9 Å². The van der Waals surface area contributed by atoms with Crippen LogP contribution in [0.25, 0.3) is 0 Å². The highest BCUT2D eigenvalue weighted by atomic mass is 16.2. The van der Waals surface area contributed by atoms with E-state index in [-0.39, 0.29) is 11.9 Å². The van der Waals surface area contributed by atoms with Gasteiger partial charge in [-0.15, -0.1) is 0 Å². The zero-order chi connectivity index (χ0) is 18.8. The van der Waals surface area contributed by atoms with Crippen LogP contribution in [0.1, 0.15) is 29.5 Å². The van der Waals surface area contributed by atoms with Crippen molar-refractivity contribution < 1.29 is 9.59 Å². The number of nitrogens with zero attached hydrogens (tertiary/aromatic N) is 1. The van der Waals surface area contributed by atoms with E-state index in [1.54, 1.807) is 6.07 Å². The maximum Gasteiger partial charge on any atom is 0.319 e. The first-order chi connectivity index (χ1) is 13.1. The predicted octanol–water partition coefficient (Wildman–Crippen LogP) is 3.28. The molecule has 0 aromatic heterocycles. The summed E-state index contributed by atoms with van der Waals surface area (Å²) < 4.78 is 0. The lowest BCUT2D eigenvalue weighted by molar-refractivity contribution is -0.116. The first-order valence-corrected chi connectivity index (χ1v) is 9.39. The summed E-state index contributed by atoms with van der Waals surface area (Å²) in [5, 5.41) is 8.64. The van der Waals surface area contributed by atoms with Gasteiger partial charge in [0.05, 0.1) is 0 Å². The zero-order valence-electron chi connectivity index (χ0n) is 15.5. The predicted molar refractivity (Wildman–Crippen MR) is 107 cm³/mol. The van der Waals surface area contributed by atoms with Crippen molar-refractivity contribution in [3.63, 3.8) is 0 Å². The van der Waals surface area contributed by atoms with Gasteiger partial charge in [-0.3, -0.25) is 4.79 Å². The van der Waals surface area contributed by atoms with Crippen molar-refractivity contribution in [2.45, 2.75) is 32.2 Å². The molecular weight excluding hydrogens is 340 g/mol. The Bertz CT molecular complexity index is 894. The molecule has 0 saturated heterocycles. The van der Waals surface area contributed by atoms with Crippen molar-refractivity contribution in [2.75, 3.05) is 29.1 Å². The topological polar surface area (TPSA) is 73.5 Å². The third-order valence-electron chi connectivity index (χ3n) is 5.21. The lowest BCUT2D eigenvalue weighted by Crippen LogP contribution is -2.29. The summed E-state index contributed by atoms with van der Waals surface area (Å²) >= 11 is 0. The van der Waals surface area contributed by atoms with Crippen LogP contribution in [0.5, 0.6) is 0 Å². The van der Waals surface area contributed by atoms with Gasteiger partial charge in [0.1, 0.15) is 0 Å². The van der Waals surface area contributed by atoms with Crippen LogP contribution < -0.4 is 20.9 Å². The second kappa shape index (κ2) is 7.31. The molecule has 0 unspecified atom stereocenters. The number of hydrogen-bond donors (Lipinski definition) is 3. The second-order valence-corrected chi connectivity index (χ2v) is 7.22. The maximum absolute atomic E-state index is 12.2. The van der Waals surface area contributed by atoms with Crippen LogP contribution in [0.2, 0.25) is 0 Å². The summed E-state index contributed by atoms with van der Waals surface area (Å²) in [5.74, 6) is 0.0391. The smallest absolute Gasteiger partial charge is 0.319 e. The molecule has 140 valence electrons. The fraction of sp³-hybridized carbons (Fsp3) is 0.333. The van der Waals surface area contributed by atoms with Crippen LogP contribution in [0.15, 0.2) is 36.4 Å². The van der Waals surface area contributed by atoms with E-state index in [1.807, 2.05) is 12.1 Å². The van der Waals surface area contributed by atoms with Crippen molar-refractivity contribution in [1.29, 1.82) is 0 Å². The quantitative estimate of drug-likeness (QED) is 0.783. The Balaban J connectivity index is 1.36. The van der Waals surface area contributed by atoms with Crippen LogP contribution in [0.4, 0.5) is 21.9 Å². The fourth-order valence-electron chi connectivity index (χ4n) is 3.77. The van der Waals surface area contributed by atoms with Gasteiger partial charge in [0.2, 0.25) is 5.91 Å². The van der Waals surface area contributed by atoms with Crippen molar-refractivity contribution in [3.8, 4) is 0 Å². The summed E-state index contributed by atoms with van der Waals surface area (Å²) in [5.41, 5.74) is 6.35. The standard InChI is InChI=1S/C21H24N4O2/c1-25-10-2-3-16-11-14(4-8-19(16)25)13-22-21(27)23-17-6-7-18-15(12-17)5-9-20(26)24-18/h4,6-8,11-12H,2-3,5,9-10,13H2,1H3,(H,24,26)(H2,22,23,27). The molecule has 3 amide bonds. The van der Waals surface area contributed by atoms with E-state index in [0.717, 1.165) is 35.5 Å². The summed E-state index contributed by atoms with van der Waals surface area (Å²) in [6.45, 7) is 1.58. The average molecular weight is 364 g/mol. The van der Waals surface area contributed by atoms with E-state index in [4.69, 9.17) is 0 Å². The maximum atomic E-state index is 12.2. The number of anilines is 3. The molecule has 0 spiro atoms.